The van der Waals surface area contributed by atoms with Gasteiger partial charge < -0.3 is 35.0 Å². The van der Waals surface area contributed by atoms with E-state index in [2.05, 4.69) is 41.5 Å². The second kappa shape index (κ2) is 12.0. The Balaban J connectivity index is 1.63. The smallest absolute Gasteiger partial charge is 0.164 e. The number of aliphatic hydroxyl groups excluding tert-OH is 1. The zero-order valence-corrected chi connectivity index (χ0v) is 21.5. The van der Waals surface area contributed by atoms with Gasteiger partial charge in [0.1, 0.15) is 30.1 Å². The topological polar surface area (TPSA) is 95.0 Å². The molecule has 9 nitrogen and oxygen atoms in total. The first-order chi connectivity index (χ1) is 16.9. The molecule has 1 aromatic heterocycles. The van der Waals surface area contributed by atoms with Gasteiger partial charge in [-0.2, -0.15) is 0 Å². The van der Waals surface area contributed by atoms with Crippen LogP contribution in [0, 0.1) is 6.92 Å². The van der Waals surface area contributed by atoms with Gasteiger partial charge in [0.25, 0.3) is 0 Å². The first-order valence-electron chi connectivity index (χ1n) is 12.6. The van der Waals surface area contributed by atoms with Crippen LogP contribution in [0.3, 0.4) is 0 Å². The van der Waals surface area contributed by atoms with Crippen LogP contribution in [-0.2, 0) is 4.74 Å². The van der Waals surface area contributed by atoms with Gasteiger partial charge in [0, 0.05) is 37.4 Å². The summed E-state index contributed by atoms with van der Waals surface area (Å²) in [5, 5.41) is 16.6. The predicted octanol–water partition coefficient (Wildman–Crippen LogP) is 2.14. The monoisotopic (exact) mass is 484 g/mol. The van der Waals surface area contributed by atoms with Crippen molar-refractivity contribution in [3.05, 3.63) is 29.8 Å². The first-order valence-corrected chi connectivity index (χ1v) is 12.6. The second-order valence-corrected chi connectivity index (χ2v) is 9.74. The van der Waals surface area contributed by atoms with Crippen LogP contribution in [0.15, 0.2) is 24.3 Å². The number of piperidine rings is 1. The number of aromatic nitrogens is 2. The van der Waals surface area contributed by atoms with Crippen molar-refractivity contribution >= 4 is 11.6 Å². The average Bonchev–Trinajstić information content (AvgIpc) is 3.38. The maximum absolute atomic E-state index is 10.00. The highest BCUT2D eigenvalue weighted by Gasteiger charge is 2.26. The van der Waals surface area contributed by atoms with Crippen molar-refractivity contribution in [3.8, 4) is 17.1 Å². The quantitative estimate of drug-likeness (QED) is 0.469. The summed E-state index contributed by atoms with van der Waals surface area (Å²) in [5.74, 6) is 3.16. The Morgan fingerprint density at radius 2 is 2.06 bits per heavy atom. The van der Waals surface area contributed by atoms with Crippen molar-refractivity contribution < 1.29 is 14.6 Å². The molecule has 0 amide bonds. The fourth-order valence-corrected chi connectivity index (χ4v) is 4.73. The third kappa shape index (κ3) is 6.61. The van der Waals surface area contributed by atoms with Gasteiger partial charge in [-0.1, -0.05) is 12.1 Å². The molecule has 0 spiro atoms. The van der Waals surface area contributed by atoms with Crippen molar-refractivity contribution in [2.24, 2.45) is 0 Å². The van der Waals surface area contributed by atoms with E-state index < -0.39 is 6.10 Å². The third-order valence-electron chi connectivity index (χ3n) is 6.93. The summed E-state index contributed by atoms with van der Waals surface area (Å²) in [6, 6.07) is 8.48. The van der Waals surface area contributed by atoms with Gasteiger partial charge >= 0.3 is 0 Å². The zero-order chi connectivity index (χ0) is 24.8. The molecule has 2 aromatic rings. The average molecular weight is 485 g/mol. The Bertz CT molecular complexity index is 960. The molecule has 35 heavy (non-hydrogen) atoms. The van der Waals surface area contributed by atoms with Crippen molar-refractivity contribution in [1.82, 2.24) is 20.2 Å². The Morgan fingerprint density at radius 1 is 1.26 bits per heavy atom. The fourth-order valence-electron chi connectivity index (χ4n) is 4.73. The summed E-state index contributed by atoms with van der Waals surface area (Å²) in [4.78, 5) is 14.7. The van der Waals surface area contributed by atoms with Crippen LogP contribution in [0.25, 0.3) is 11.4 Å². The Kier molecular flexibility index (Phi) is 8.78. The van der Waals surface area contributed by atoms with Gasteiger partial charge in [0.2, 0.25) is 0 Å². The van der Waals surface area contributed by atoms with Gasteiger partial charge in [-0.25, -0.2) is 9.97 Å². The summed E-state index contributed by atoms with van der Waals surface area (Å²) in [6.07, 6.45) is 2.63. The van der Waals surface area contributed by atoms with Gasteiger partial charge in [0.15, 0.2) is 5.82 Å². The summed E-state index contributed by atoms with van der Waals surface area (Å²) < 4.78 is 11.4. The van der Waals surface area contributed by atoms with Gasteiger partial charge in [-0.05, 0) is 65.5 Å². The standard InChI is InChI=1S/C26H40N6O3/c1-18-24(28-20-10-13-34-16-20)29-25(30-26(18)32(4)21-8-11-31(3)12-9-21)19-6-5-7-23(14-19)35-17-22(33)15-27-2/h5-7,14,20-22,27,33H,8-13,15-17H2,1-4H3,(H,28,29,30)/t20-,22?/m1/s1. The molecule has 0 bridgehead atoms. The van der Waals surface area contributed by atoms with E-state index in [0.717, 1.165) is 61.7 Å². The molecular formula is C26H40N6O3. The maximum atomic E-state index is 10.00. The normalized spacial score (nSPS) is 20.1. The molecule has 1 unspecified atom stereocenters. The molecule has 3 N–H and O–H groups in total. The van der Waals surface area contributed by atoms with Gasteiger partial charge in [-0.15, -0.1) is 0 Å². The molecule has 192 valence electrons. The van der Waals surface area contributed by atoms with Crippen molar-refractivity contribution in [3.63, 3.8) is 0 Å². The second-order valence-electron chi connectivity index (χ2n) is 9.74. The highest BCUT2D eigenvalue weighted by atomic mass is 16.5. The maximum Gasteiger partial charge on any atom is 0.164 e. The SMILES string of the molecule is CNCC(O)COc1cccc(-c2nc(N[C@@H]3CCOC3)c(C)c(N(C)C3CCN(C)CC3)n2)c1. The summed E-state index contributed by atoms with van der Waals surface area (Å²) >= 11 is 0. The minimum Gasteiger partial charge on any atom is -0.491 e. The Labute approximate surface area is 208 Å². The summed E-state index contributed by atoms with van der Waals surface area (Å²) in [7, 11) is 6.14. The van der Waals surface area contributed by atoms with Crippen LogP contribution in [0.4, 0.5) is 11.6 Å². The van der Waals surface area contributed by atoms with Crippen LogP contribution in [0.1, 0.15) is 24.8 Å². The number of rotatable bonds is 10. The van der Waals surface area contributed by atoms with Crippen LogP contribution in [0.5, 0.6) is 5.75 Å². The Morgan fingerprint density at radius 3 is 2.77 bits per heavy atom. The van der Waals surface area contributed by atoms with E-state index in [0.29, 0.717) is 30.8 Å². The number of ether oxygens (including phenoxy) is 2. The fraction of sp³-hybridized carbons (Fsp3) is 0.615. The molecule has 0 aliphatic carbocycles. The van der Waals surface area contributed by atoms with Crippen molar-refractivity contribution in [2.45, 2.75) is 44.4 Å². The van der Waals surface area contributed by atoms with E-state index in [1.165, 1.54) is 0 Å². The molecule has 1 aromatic carbocycles. The van der Waals surface area contributed by atoms with Crippen LogP contribution >= 0.6 is 0 Å². The lowest BCUT2D eigenvalue weighted by Gasteiger charge is -2.36. The van der Waals surface area contributed by atoms with Crippen LogP contribution < -0.4 is 20.3 Å². The molecule has 2 aliphatic rings. The molecule has 0 saturated carbocycles. The van der Waals surface area contributed by atoms with E-state index in [-0.39, 0.29) is 12.6 Å². The largest absolute Gasteiger partial charge is 0.491 e. The minimum atomic E-state index is -0.571. The molecule has 2 aliphatic heterocycles. The highest BCUT2D eigenvalue weighted by molar-refractivity contribution is 5.67. The van der Waals surface area contributed by atoms with Crippen LogP contribution in [-0.4, -0.2) is 98.8 Å². The number of anilines is 2. The van der Waals surface area contributed by atoms with E-state index in [4.69, 9.17) is 19.4 Å². The number of hydrogen-bond acceptors (Lipinski definition) is 9. The number of nitrogens with one attached hydrogen (secondary N) is 2. The molecule has 4 rings (SSSR count). The van der Waals surface area contributed by atoms with E-state index >= 15 is 0 Å². The molecular weight excluding hydrogens is 444 g/mol. The van der Waals surface area contributed by atoms with Gasteiger partial charge in [0.05, 0.1) is 12.6 Å². The van der Waals surface area contributed by atoms with E-state index in [1.54, 1.807) is 0 Å². The third-order valence-corrected chi connectivity index (χ3v) is 6.93. The van der Waals surface area contributed by atoms with Crippen molar-refractivity contribution in [2.75, 3.05) is 70.8 Å². The molecule has 9 heteroatoms. The highest BCUT2D eigenvalue weighted by Crippen LogP contribution is 2.32. The molecule has 2 atom stereocenters. The number of benzene rings is 1. The Hall–Kier alpha value is -2.46. The summed E-state index contributed by atoms with van der Waals surface area (Å²) in [5.41, 5.74) is 1.94. The van der Waals surface area contributed by atoms with E-state index in [1.807, 2.05) is 31.3 Å². The zero-order valence-electron chi connectivity index (χ0n) is 21.5. The number of hydrogen-bond donors (Lipinski definition) is 3. The lowest BCUT2D eigenvalue weighted by atomic mass is 10.0. The number of likely N-dealkylation sites (tertiary alicyclic amines) is 1. The minimum absolute atomic E-state index is 0.220. The lowest BCUT2D eigenvalue weighted by Crippen LogP contribution is -2.42. The number of likely N-dealkylation sites (N-methyl/N-ethyl adjacent to an activating group) is 1. The first kappa shape index (κ1) is 25.6. The van der Waals surface area contributed by atoms with Gasteiger partial charge in [-0.3, -0.25) is 0 Å². The lowest BCUT2D eigenvalue weighted by molar-refractivity contribution is 0.108. The van der Waals surface area contributed by atoms with Crippen molar-refractivity contribution in [1.29, 1.82) is 0 Å². The predicted molar refractivity (Wildman–Crippen MR) is 139 cm³/mol. The molecule has 3 heterocycles. The van der Waals surface area contributed by atoms with E-state index in [9.17, 15) is 5.11 Å². The molecule has 2 saturated heterocycles. The number of aliphatic hydroxyl groups is 1. The summed E-state index contributed by atoms with van der Waals surface area (Å²) in [6.45, 7) is 6.45. The molecule has 2 fully saturated rings. The number of nitrogens with zero attached hydrogens (tertiary/aromatic N) is 4. The van der Waals surface area contributed by atoms with Crippen LogP contribution in [0.2, 0.25) is 0 Å². The molecule has 0 radical (unpaired) electrons.